The summed E-state index contributed by atoms with van der Waals surface area (Å²) in [6.07, 6.45) is 1.92. The predicted molar refractivity (Wildman–Crippen MR) is 63.8 cm³/mol. The summed E-state index contributed by atoms with van der Waals surface area (Å²) >= 11 is 1.26. The van der Waals surface area contributed by atoms with E-state index in [0.29, 0.717) is 18.0 Å². The number of furan rings is 1. The molecule has 0 spiro atoms. The third kappa shape index (κ3) is 2.95. The van der Waals surface area contributed by atoms with E-state index >= 15 is 0 Å². The molecule has 0 saturated carbocycles. The van der Waals surface area contributed by atoms with E-state index in [2.05, 4.69) is 10.3 Å². The summed E-state index contributed by atoms with van der Waals surface area (Å²) in [6, 6.07) is 3.20. The van der Waals surface area contributed by atoms with Crippen molar-refractivity contribution in [3.8, 4) is 0 Å². The van der Waals surface area contributed by atoms with Gasteiger partial charge in [0.15, 0.2) is 11.5 Å². The van der Waals surface area contributed by atoms with Crippen LogP contribution in [0.2, 0.25) is 0 Å². The first kappa shape index (κ1) is 12.3. The van der Waals surface area contributed by atoms with Crippen LogP contribution >= 0.6 is 11.3 Å². The maximum absolute atomic E-state index is 11.5. The second kappa shape index (κ2) is 5.46. The van der Waals surface area contributed by atoms with Crippen molar-refractivity contribution in [3.63, 3.8) is 0 Å². The number of nitrogens with one attached hydrogen (secondary N) is 1. The maximum atomic E-state index is 11.5. The van der Waals surface area contributed by atoms with Crippen molar-refractivity contribution in [2.75, 3.05) is 6.54 Å². The van der Waals surface area contributed by atoms with Gasteiger partial charge in [-0.1, -0.05) is 0 Å². The van der Waals surface area contributed by atoms with Gasteiger partial charge in [0.2, 0.25) is 0 Å². The maximum Gasteiger partial charge on any atom is 0.355 e. The van der Waals surface area contributed by atoms with Crippen molar-refractivity contribution in [3.05, 3.63) is 40.2 Å². The Labute approximate surface area is 106 Å². The Bertz CT molecular complexity index is 547. The predicted octanol–water partition coefficient (Wildman–Crippen LogP) is 1.41. The SMILES string of the molecule is O=C(O)c1csc(CCNC(=O)c2ccco2)n1. The summed E-state index contributed by atoms with van der Waals surface area (Å²) in [5.41, 5.74) is 0.0346. The number of hydrogen-bond donors (Lipinski definition) is 2. The van der Waals surface area contributed by atoms with Crippen molar-refractivity contribution in [2.45, 2.75) is 6.42 Å². The standard InChI is InChI=1S/C11H10N2O4S/c14-10(8-2-1-5-17-8)12-4-3-9-13-7(6-18-9)11(15)16/h1-2,5-6H,3-4H2,(H,12,14)(H,15,16). The molecule has 2 rings (SSSR count). The molecule has 6 nitrogen and oxygen atoms in total. The lowest BCUT2D eigenvalue weighted by Crippen LogP contribution is -2.25. The summed E-state index contributed by atoms with van der Waals surface area (Å²) in [7, 11) is 0. The van der Waals surface area contributed by atoms with Crippen LogP contribution in [0.5, 0.6) is 0 Å². The van der Waals surface area contributed by atoms with Crippen LogP contribution in [0.25, 0.3) is 0 Å². The molecule has 0 unspecified atom stereocenters. The van der Waals surface area contributed by atoms with Crippen LogP contribution < -0.4 is 5.32 Å². The zero-order valence-electron chi connectivity index (χ0n) is 9.25. The molecule has 0 aliphatic carbocycles. The van der Waals surface area contributed by atoms with Gasteiger partial charge in [0.25, 0.3) is 5.91 Å². The largest absolute Gasteiger partial charge is 0.476 e. The van der Waals surface area contributed by atoms with E-state index in [9.17, 15) is 9.59 Å². The number of thiazole rings is 1. The van der Waals surface area contributed by atoms with Gasteiger partial charge in [-0.25, -0.2) is 9.78 Å². The van der Waals surface area contributed by atoms with E-state index in [1.54, 1.807) is 12.1 Å². The highest BCUT2D eigenvalue weighted by Crippen LogP contribution is 2.10. The number of amides is 1. The van der Waals surface area contributed by atoms with Crippen LogP contribution in [0.15, 0.2) is 28.2 Å². The number of carboxylic acids is 1. The molecule has 2 N–H and O–H groups in total. The second-order valence-corrected chi connectivity index (χ2v) is 4.36. The van der Waals surface area contributed by atoms with E-state index in [-0.39, 0.29) is 17.4 Å². The first-order chi connectivity index (χ1) is 8.66. The van der Waals surface area contributed by atoms with E-state index in [1.807, 2.05) is 0 Å². The van der Waals surface area contributed by atoms with Crippen LogP contribution in [-0.4, -0.2) is 28.5 Å². The number of rotatable bonds is 5. The van der Waals surface area contributed by atoms with E-state index in [1.165, 1.54) is 23.0 Å². The summed E-state index contributed by atoms with van der Waals surface area (Å²) < 4.78 is 4.93. The molecule has 0 fully saturated rings. The molecule has 0 bridgehead atoms. The van der Waals surface area contributed by atoms with Gasteiger partial charge in [0.05, 0.1) is 11.3 Å². The number of carboxylic acid groups (broad SMARTS) is 1. The fraction of sp³-hybridized carbons (Fsp3) is 0.182. The summed E-state index contributed by atoms with van der Waals surface area (Å²) in [6.45, 7) is 0.381. The number of aromatic carboxylic acids is 1. The zero-order valence-corrected chi connectivity index (χ0v) is 10.1. The summed E-state index contributed by atoms with van der Waals surface area (Å²) in [5, 5.41) is 13.5. The molecule has 2 aromatic heterocycles. The minimum Gasteiger partial charge on any atom is -0.476 e. The summed E-state index contributed by atoms with van der Waals surface area (Å²) in [4.78, 5) is 26.0. The molecular weight excluding hydrogens is 256 g/mol. The molecule has 0 atom stereocenters. The number of nitrogens with zero attached hydrogens (tertiary/aromatic N) is 1. The topological polar surface area (TPSA) is 92.4 Å². The van der Waals surface area contributed by atoms with E-state index in [4.69, 9.17) is 9.52 Å². The number of aromatic nitrogens is 1. The Morgan fingerprint density at radius 2 is 2.33 bits per heavy atom. The quantitative estimate of drug-likeness (QED) is 0.853. The van der Waals surface area contributed by atoms with Crippen molar-refractivity contribution in [2.24, 2.45) is 0 Å². The minimum absolute atomic E-state index is 0.0346. The molecule has 18 heavy (non-hydrogen) atoms. The molecule has 0 radical (unpaired) electrons. The third-order valence-electron chi connectivity index (χ3n) is 2.14. The highest BCUT2D eigenvalue weighted by Gasteiger charge is 2.10. The smallest absolute Gasteiger partial charge is 0.355 e. The van der Waals surface area contributed by atoms with Gasteiger partial charge < -0.3 is 14.8 Å². The molecular formula is C11H10N2O4S. The Morgan fingerprint density at radius 3 is 2.94 bits per heavy atom. The number of hydrogen-bond acceptors (Lipinski definition) is 5. The van der Waals surface area contributed by atoms with E-state index < -0.39 is 5.97 Å². The molecule has 0 aromatic carbocycles. The molecule has 1 amide bonds. The average molecular weight is 266 g/mol. The number of carbonyl (C=O) groups excluding carboxylic acids is 1. The zero-order chi connectivity index (χ0) is 13.0. The van der Waals surface area contributed by atoms with Crippen molar-refractivity contribution in [1.82, 2.24) is 10.3 Å². The molecule has 0 aliphatic heterocycles. The lowest BCUT2D eigenvalue weighted by atomic mass is 10.4. The Balaban J connectivity index is 1.81. The fourth-order valence-corrected chi connectivity index (χ4v) is 2.07. The molecule has 7 heteroatoms. The highest BCUT2D eigenvalue weighted by molar-refractivity contribution is 7.09. The van der Waals surface area contributed by atoms with Crippen LogP contribution in [0.4, 0.5) is 0 Å². The average Bonchev–Trinajstić information content (AvgIpc) is 3.00. The molecule has 94 valence electrons. The Hall–Kier alpha value is -2.15. The highest BCUT2D eigenvalue weighted by atomic mass is 32.1. The second-order valence-electron chi connectivity index (χ2n) is 3.41. The molecule has 0 saturated heterocycles. The first-order valence-electron chi connectivity index (χ1n) is 5.16. The molecule has 2 heterocycles. The van der Waals surface area contributed by atoms with Crippen LogP contribution in [0, 0.1) is 0 Å². The van der Waals surface area contributed by atoms with Gasteiger partial charge in [-0.15, -0.1) is 11.3 Å². The molecule has 0 aliphatic rings. The fourth-order valence-electron chi connectivity index (χ4n) is 1.30. The minimum atomic E-state index is -1.04. The lowest BCUT2D eigenvalue weighted by Gasteiger charge is -2.00. The van der Waals surface area contributed by atoms with Gasteiger partial charge in [-0.2, -0.15) is 0 Å². The molecule has 2 aromatic rings. The van der Waals surface area contributed by atoms with Gasteiger partial charge in [-0.3, -0.25) is 4.79 Å². The first-order valence-corrected chi connectivity index (χ1v) is 6.04. The monoisotopic (exact) mass is 266 g/mol. The van der Waals surface area contributed by atoms with Gasteiger partial charge in [0, 0.05) is 18.3 Å². The van der Waals surface area contributed by atoms with E-state index in [0.717, 1.165) is 0 Å². The van der Waals surface area contributed by atoms with Crippen molar-refractivity contribution >= 4 is 23.2 Å². The Morgan fingerprint density at radius 1 is 1.50 bits per heavy atom. The lowest BCUT2D eigenvalue weighted by molar-refractivity contribution is 0.0690. The van der Waals surface area contributed by atoms with Crippen LogP contribution in [0.1, 0.15) is 26.1 Å². The normalized spacial score (nSPS) is 10.2. The van der Waals surface area contributed by atoms with Crippen LogP contribution in [0.3, 0.4) is 0 Å². The van der Waals surface area contributed by atoms with Gasteiger partial charge in [-0.05, 0) is 12.1 Å². The van der Waals surface area contributed by atoms with Gasteiger partial charge >= 0.3 is 5.97 Å². The van der Waals surface area contributed by atoms with Crippen LogP contribution in [-0.2, 0) is 6.42 Å². The van der Waals surface area contributed by atoms with Crippen molar-refractivity contribution in [1.29, 1.82) is 0 Å². The van der Waals surface area contributed by atoms with Crippen molar-refractivity contribution < 1.29 is 19.1 Å². The Kier molecular flexibility index (Phi) is 3.73. The third-order valence-corrected chi connectivity index (χ3v) is 3.05. The number of carbonyl (C=O) groups is 2. The summed E-state index contributed by atoms with van der Waals surface area (Å²) in [5.74, 6) is -1.09. The van der Waals surface area contributed by atoms with Gasteiger partial charge in [0.1, 0.15) is 0 Å².